The number of aryl methyl sites for hydroxylation is 2. The molecular formula is C25H26N2O2. The van der Waals surface area contributed by atoms with E-state index in [-0.39, 0.29) is 11.8 Å². The fraction of sp³-hybridized carbons (Fsp3) is 0.200. The van der Waals surface area contributed by atoms with Crippen molar-refractivity contribution in [1.29, 1.82) is 0 Å². The van der Waals surface area contributed by atoms with Crippen molar-refractivity contribution in [2.24, 2.45) is 0 Å². The first-order chi connectivity index (χ1) is 14.0. The van der Waals surface area contributed by atoms with Crippen LogP contribution in [0.5, 0.6) is 0 Å². The Morgan fingerprint density at radius 3 is 1.79 bits per heavy atom. The summed E-state index contributed by atoms with van der Waals surface area (Å²) in [7, 11) is 0. The minimum absolute atomic E-state index is 0.204. The fourth-order valence-corrected chi connectivity index (χ4v) is 3.22. The summed E-state index contributed by atoms with van der Waals surface area (Å²) >= 11 is 0. The van der Waals surface area contributed by atoms with Gasteiger partial charge in [-0.15, -0.1) is 0 Å². The van der Waals surface area contributed by atoms with Crippen molar-refractivity contribution < 1.29 is 9.59 Å². The molecule has 0 aliphatic rings. The van der Waals surface area contributed by atoms with E-state index in [1.54, 1.807) is 6.92 Å². The van der Waals surface area contributed by atoms with Gasteiger partial charge in [-0.05, 0) is 55.2 Å². The molecule has 0 aromatic heterocycles. The molecule has 0 spiro atoms. The van der Waals surface area contributed by atoms with Crippen LogP contribution in [-0.2, 0) is 9.59 Å². The minimum Gasteiger partial charge on any atom is -0.344 e. The number of carbonyl (C=O) groups is 2. The third kappa shape index (κ3) is 5.11. The minimum atomic E-state index is -0.668. The molecule has 4 nitrogen and oxygen atoms in total. The van der Waals surface area contributed by atoms with Crippen molar-refractivity contribution >= 4 is 17.5 Å². The molecule has 0 unspecified atom stereocenters. The number of carbonyl (C=O) groups excluding carboxylic acids is 2. The summed E-state index contributed by atoms with van der Waals surface area (Å²) in [6.07, 6.45) is 0. The third-order valence-corrected chi connectivity index (χ3v) is 5.05. The van der Waals surface area contributed by atoms with Crippen LogP contribution < -0.4 is 10.6 Å². The molecule has 2 N–H and O–H groups in total. The van der Waals surface area contributed by atoms with Crippen LogP contribution >= 0.6 is 0 Å². The molecule has 3 rings (SSSR count). The lowest BCUT2D eigenvalue weighted by atomic mass is 9.90. The van der Waals surface area contributed by atoms with Gasteiger partial charge in [0.2, 0.25) is 11.8 Å². The normalized spacial score (nSPS) is 11.7. The van der Waals surface area contributed by atoms with Crippen LogP contribution in [0.2, 0.25) is 0 Å². The van der Waals surface area contributed by atoms with E-state index in [9.17, 15) is 9.59 Å². The van der Waals surface area contributed by atoms with Crippen LogP contribution in [0.3, 0.4) is 0 Å². The van der Waals surface area contributed by atoms with Gasteiger partial charge in [0.1, 0.15) is 6.04 Å². The van der Waals surface area contributed by atoms with Crippen molar-refractivity contribution in [3.05, 3.63) is 101 Å². The first-order valence-electron chi connectivity index (χ1n) is 9.74. The largest absolute Gasteiger partial charge is 0.344 e. The lowest BCUT2D eigenvalue weighted by Gasteiger charge is -2.21. The number of nitrogens with one attached hydrogen (secondary N) is 2. The van der Waals surface area contributed by atoms with E-state index in [0.29, 0.717) is 0 Å². The van der Waals surface area contributed by atoms with Crippen LogP contribution in [0.25, 0.3) is 0 Å². The van der Waals surface area contributed by atoms with Gasteiger partial charge in [-0.3, -0.25) is 9.59 Å². The predicted octanol–water partition coefficient (Wildman–Crippen LogP) is 4.58. The van der Waals surface area contributed by atoms with E-state index in [4.69, 9.17) is 0 Å². The highest BCUT2D eigenvalue weighted by atomic mass is 16.2. The number of hydrogen-bond donors (Lipinski definition) is 2. The molecule has 29 heavy (non-hydrogen) atoms. The van der Waals surface area contributed by atoms with Gasteiger partial charge in [0.15, 0.2) is 0 Å². The second-order valence-corrected chi connectivity index (χ2v) is 7.27. The molecule has 1 atom stereocenters. The molecule has 0 saturated carbocycles. The highest BCUT2D eigenvalue weighted by molar-refractivity contribution is 5.98. The van der Waals surface area contributed by atoms with Crippen LogP contribution in [0.15, 0.2) is 78.9 Å². The summed E-state index contributed by atoms with van der Waals surface area (Å²) in [5.41, 5.74) is 4.77. The Morgan fingerprint density at radius 2 is 1.28 bits per heavy atom. The van der Waals surface area contributed by atoms with Crippen LogP contribution in [0.1, 0.15) is 35.1 Å². The predicted molar refractivity (Wildman–Crippen MR) is 117 cm³/mol. The summed E-state index contributed by atoms with van der Waals surface area (Å²) < 4.78 is 0. The second kappa shape index (κ2) is 9.20. The maximum Gasteiger partial charge on any atom is 0.246 e. The summed E-state index contributed by atoms with van der Waals surface area (Å²) in [4.78, 5) is 25.7. The van der Waals surface area contributed by atoms with E-state index >= 15 is 0 Å². The summed E-state index contributed by atoms with van der Waals surface area (Å²) in [6, 6.07) is 24.3. The Kier molecular flexibility index (Phi) is 6.45. The van der Waals surface area contributed by atoms with Crippen LogP contribution in [-0.4, -0.2) is 17.9 Å². The van der Waals surface area contributed by atoms with Gasteiger partial charge in [-0.25, -0.2) is 0 Å². The smallest absolute Gasteiger partial charge is 0.246 e. The molecule has 2 amide bonds. The first kappa shape index (κ1) is 20.3. The summed E-state index contributed by atoms with van der Waals surface area (Å²) in [5, 5.41) is 5.75. The topological polar surface area (TPSA) is 58.2 Å². The molecule has 3 aromatic carbocycles. The molecule has 0 bridgehead atoms. The molecule has 0 radical (unpaired) electrons. The summed E-state index contributed by atoms with van der Waals surface area (Å²) in [6.45, 7) is 5.72. The number of benzene rings is 3. The first-order valence-corrected chi connectivity index (χ1v) is 9.74. The standard InChI is InChI=1S/C25H26N2O2/c1-17-14-15-22(16-18(17)2)27-24(28)19(3)26-25(29)23(20-10-6-4-7-11-20)21-12-8-5-9-13-21/h4-16,19,23H,1-3H3,(H,26,29)(H,27,28)/t19-/m0/s1. The highest BCUT2D eigenvalue weighted by Gasteiger charge is 2.25. The molecule has 0 aliphatic heterocycles. The van der Waals surface area contributed by atoms with Crippen LogP contribution in [0.4, 0.5) is 5.69 Å². The van der Waals surface area contributed by atoms with Gasteiger partial charge >= 0.3 is 0 Å². The van der Waals surface area contributed by atoms with Gasteiger partial charge in [0.25, 0.3) is 0 Å². The molecule has 0 aliphatic carbocycles. The van der Waals surface area contributed by atoms with Crippen LogP contribution in [0, 0.1) is 13.8 Å². The second-order valence-electron chi connectivity index (χ2n) is 7.27. The average Bonchev–Trinajstić information content (AvgIpc) is 2.72. The Balaban J connectivity index is 1.74. The zero-order chi connectivity index (χ0) is 20.8. The van der Waals surface area contributed by atoms with Gasteiger partial charge in [0.05, 0.1) is 5.92 Å². The Hall–Kier alpha value is -3.40. The van der Waals surface area contributed by atoms with Crippen molar-refractivity contribution in [2.45, 2.75) is 32.7 Å². The van der Waals surface area contributed by atoms with Crippen molar-refractivity contribution in [3.8, 4) is 0 Å². The lowest BCUT2D eigenvalue weighted by Crippen LogP contribution is -2.43. The SMILES string of the molecule is Cc1ccc(NC(=O)[C@H](C)NC(=O)C(c2ccccc2)c2ccccc2)cc1C. The number of anilines is 1. The van der Waals surface area contributed by atoms with E-state index in [2.05, 4.69) is 10.6 Å². The maximum absolute atomic E-state index is 13.1. The molecule has 3 aromatic rings. The van der Waals surface area contributed by atoms with Crippen molar-refractivity contribution in [2.75, 3.05) is 5.32 Å². The van der Waals surface area contributed by atoms with Gasteiger partial charge in [-0.2, -0.15) is 0 Å². The number of rotatable bonds is 6. The van der Waals surface area contributed by atoms with Crippen molar-refractivity contribution in [3.63, 3.8) is 0 Å². The molecule has 0 heterocycles. The third-order valence-electron chi connectivity index (χ3n) is 5.05. The van der Waals surface area contributed by atoms with Gasteiger partial charge < -0.3 is 10.6 Å². The zero-order valence-corrected chi connectivity index (χ0v) is 17.0. The van der Waals surface area contributed by atoms with Crippen molar-refractivity contribution in [1.82, 2.24) is 5.32 Å². The molecule has 0 saturated heterocycles. The molecular weight excluding hydrogens is 360 g/mol. The molecule has 148 valence electrons. The Morgan fingerprint density at radius 1 is 0.724 bits per heavy atom. The monoisotopic (exact) mass is 386 g/mol. The zero-order valence-electron chi connectivity index (χ0n) is 17.0. The van der Waals surface area contributed by atoms with Gasteiger partial charge in [0, 0.05) is 5.69 Å². The fourth-order valence-electron chi connectivity index (χ4n) is 3.22. The van der Waals surface area contributed by atoms with Gasteiger partial charge in [-0.1, -0.05) is 66.7 Å². The number of hydrogen-bond acceptors (Lipinski definition) is 2. The lowest BCUT2D eigenvalue weighted by molar-refractivity contribution is -0.126. The number of amides is 2. The highest BCUT2D eigenvalue weighted by Crippen LogP contribution is 2.25. The quantitative estimate of drug-likeness (QED) is 0.651. The molecule has 0 fully saturated rings. The van der Waals surface area contributed by atoms with E-state index in [0.717, 1.165) is 27.9 Å². The summed E-state index contributed by atoms with van der Waals surface area (Å²) in [5.74, 6) is -0.930. The molecule has 4 heteroatoms. The van der Waals surface area contributed by atoms with E-state index < -0.39 is 12.0 Å². The maximum atomic E-state index is 13.1. The Labute approximate surface area is 172 Å². The van der Waals surface area contributed by atoms with E-state index in [1.807, 2.05) is 92.7 Å². The Bertz CT molecular complexity index is 945. The van der Waals surface area contributed by atoms with E-state index in [1.165, 1.54) is 0 Å². The average molecular weight is 386 g/mol.